The van der Waals surface area contributed by atoms with E-state index in [1.165, 1.54) is 10.9 Å². The third kappa shape index (κ3) is 2.07. The molecule has 106 valence electrons. The highest BCUT2D eigenvalue weighted by atomic mass is 14.9. The Hall–Kier alpha value is -2.94. The third-order valence-corrected chi connectivity index (χ3v) is 3.86. The molecule has 2 aromatic carbocycles. The standard InChI is InChI=1S/C19H15N3/c1-22-13-16(15-9-5-6-10-18(15)22)17-11-12-20-19(21-17)14-7-3-2-4-8-14/h2-13H,1H3. The van der Waals surface area contributed by atoms with E-state index in [9.17, 15) is 0 Å². The minimum Gasteiger partial charge on any atom is -0.350 e. The molecule has 0 N–H and O–H groups in total. The zero-order chi connectivity index (χ0) is 14.9. The van der Waals surface area contributed by atoms with Crippen molar-refractivity contribution in [2.45, 2.75) is 0 Å². The summed E-state index contributed by atoms with van der Waals surface area (Å²) in [5.41, 5.74) is 4.32. The quantitative estimate of drug-likeness (QED) is 0.549. The number of aromatic nitrogens is 3. The first-order chi connectivity index (χ1) is 10.8. The van der Waals surface area contributed by atoms with Crippen LogP contribution in [0.2, 0.25) is 0 Å². The van der Waals surface area contributed by atoms with E-state index >= 15 is 0 Å². The van der Waals surface area contributed by atoms with Gasteiger partial charge in [0.15, 0.2) is 5.82 Å². The van der Waals surface area contributed by atoms with Gasteiger partial charge in [-0.2, -0.15) is 0 Å². The van der Waals surface area contributed by atoms with Gasteiger partial charge in [0.2, 0.25) is 0 Å². The Kier molecular flexibility index (Phi) is 2.97. The number of benzene rings is 2. The maximum atomic E-state index is 4.75. The number of nitrogens with zero attached hydrogens (tertiary/aromatic N) is 3. The minimum absolute atomic E-state index is 0.756. The zero-order valence-corrected chi connectivity index (χ0v) is 12.3. The van der Waals surface area contributed by atoms with Crippen molar-refractivity contribution in [1.29, 1.82) is 0 Å². The fraction of sp³-hybridized carbons (Fsp3) is 0.0526. The predicted molar refractivity (Wildman–Crippen MR) is 89.4 cm³/mol. The summed E-state index contributed by atoms with van der Waals surface area (Å²) in [7, 11) is 2.06. The second kappa shape index (κ2) is 5.11. The monoisotopic (exact) mass is 285 g/mol. The first kappa shape index (κ1) is 12.8. The lowest BCUT2D eigenvalue weighted by Gasteiger charge is -2.03. The summed E-state index contributed by atoms with van der Waals surface area (Å²) in [5, 5.41) is 1.21. The van der Waals surface area contributed by atoms with Crippen molar-refractivity contribution in [3.63, 3.8) is 0 Å². The van der Waals surface area contributed by atoms with Crippen LogP contribution in [0.4, 0.5) is 0 Å². The molecule has 3 heteroatoms. The van der Waals surface area contributed by atoms with Gasteiger partial charge >= 0.3 is 0 Å². The van der Waals surface area contributed by atoms with Gasteiger partial charge in [-0.25, -0.2) is 9.97 Å². The number of aryl methyl sites for hydroxylation is 1. The molecule has 0 atom stereocenters. The van der Waals surface area contributed by atoms with Crippen molar-refractivity contribution >= 4 is 10.9 Å². The van der Waals surface area contributed by atoms with Gasteiger partial charge in [-0.15, -0.1) is 0 Å². The van der Waals surface area contributed by atoms with E-state index in [4.69, 9.17) is 4.98 Å². The van der Waals surface area contributed by atoms with Crippen molar-refractivity contribution in [3.05, 3.63) is 73.1 Å². The van der Waals surface area contributed by atoms with Crippen LogP contribution >= 0.6 is 0 Å². The van der Waals surface area contributed by atoms with Crippen LogP contribution in [0.15, 0.2) is 73.1 Å². The number of hydrogen-bond donors (Lipinski definition) is 0. The van der Waals surface area contributed by atoms with Crippen molar-refractivity contribution in [1.82, 2.24) is 14.5 Å². The molecule has 0 aliphatic heterocycles. The summed E-state index contributed by atoms with van der Waals surface area (Å²) < 4.78 is 2.13. The van der Waals surface area contributed by atoms with E-state index in [0.717, 1.165) is 22.6 Å². The minimum atomic E-state index is 0.756. The Morgan fingerprint density at radius 1 is 0.864 bits per heavy atom. The first-order valence-electron chi connectivity index (χ1n) is 7.26. The van der Waals surface area contributed by atoms with Crippen molar-refractivity contribution in [3.8, 4) is 22.6 Å². The van der Waals surface area contributed by atoms with Gasteiger partial charge < -0.3 is 4.57 Å². The molecule has 2 heterocycles. The maximum Gasteiger partial charge on any atom is 0.159 e. The van der Waals surface area contributed by atoms with Crippen LogP contribution in [0.5, 0.6) is 0 Å². The van der Waals surface area contributed by atoms with Crippen LogP contribution < -0.4 is 0 Å². The van der Waals surface area contributed by atoms with E-state index in [1.54, 1.807) is 0 Å². The second-order valence-corrected chi connectivity index (χ2v) is 5.30. The topological polar surface area (TPSA) is 30.7 Å². The molecule has 0 saturated carbocycles. The molecule has 4 aromatic rings. The Bertz CT molecular complexity index is 939. The highest BCUT2D eigenvalue weighted by molar-refractivity contribution is 5.95. The van der Waals surface area contributed by atoms with Crippen molar-refractivity contribution in [2.75, 3.05) is 0 Å². The van der Waals surface area contributed by atoms with Crippen molar-refractivity contribution in [2.24, 2.45) is 7.05 Å². The van der Waals surface area contributed by atoms with E-state index < -0.39 is 0 Å². The van der Waals surface area contributed by atoms with Crippen LogP contribution in [-0.2, 0) is 7.05 Å². The normalized spacial score (nSPS) is 11.0. The van der Waals surface area contributed by atoms with Gasteiger partial charge in [-0.3, -0.25) is 0 Å². The molecule has 0 spiro atoms. The largest absolute Gasteiger partial charge is 0.350 e. The first-order valence-corrected chi connectivity index (χ1v) is 7.26. The molecule has 0 radical (unpaired) electrons. The Labute approximate surface area is 128 Å². The fourth-order valence-electron chi connectivity index (χ4n) is 2.78. The second-order valence-electron chi connectivity index (χ2n) is 5.30. The van der Waals surface area contributed by atoms with E-state index in [0.29, 0.717) is 0 Å². The molecule has 0 aliphatic carbocycles. The van der Waals surface area contributed by atoms with Crippen molar-refractivity contribution < 1.29 is 0 Å². The Balaban J connectivity index is 1.89. The number of rotatable bonds is 2. The van der Waals surface area contributed by atoms with Crippen LogP contribution in [0.3, 0.4) is 0 Å². The lowest BCUT2D eigenvalue weighted by atomic mass is 10.1. The van der Waals surface area contributed by atoms with Gasteiger partial charge in [-0.05, 0) is 12.1 Å². The summed E-state index contributed by atoms with van der Waals surface area (Å²) in [4.78, 5) is 9.16. The highest BCUT2D eigenvalue weighted by Gasteiger charge is 2.10. The molecule has 2 aromatic heterocycles. The molecule has 0 saturated heterocycles. The molecule has 0 unspecified atom stereocenters. The number of fused-ring (bicyclic) bond motifs is 1. The third-order valence-electron chi connectivity index (χ3n) is 3.86. The average Bonchev–Trinajstić information content (AvgIpc) is 2.93. The van der Waals surface area contributed by atoms with Crippen LogP contribution in [0.1, 0.15) is 0 Å². The zero-order valence-electron chi connectivity index (χ0n) is 12.3. The molecular formula is C19H15N3. The number of para-hydroxylation sites is 1. The van der Waals surface area contributed by atoms with Gasteiger partial charge in [0.05, 0.1) is 5.69 Å². The number of hydrogen-bond acceptors (Lipinski definition) is 2. The molecule has 0 fully saturated rings. The summed E-state index contributed by atoms with van der Waals surface area (Å²) in [6, 6.07) is 20.4. The Morgan fingerprint density at radius 3 is 2.50 bits per heavy atom. The molecule has 0 bridgehead atoms. The summed E-state index contributed by atoms with van der Waals surface area (Å²) in [5.74, 6) is 0.756. The molecule has 0 amide bonds. The van der Waals surface area contributed by atoms with Crippen LogP contribution in [-0.4, -0.2) is 14.5 Å². The highest BCUT2D eigenvalue weighted by Crippen LogP contribution is 2.29. The Morgan fingerprint density at radius 2 is 1.64 bits per heavy atom. The smallest absolute Gasteiger partial charge is 0.159 e. The van der Waals surface area contributed by atoms with Crippen LogP contribution in [0.25, 0.3) is 33.5 Å². The fourth-order valence-corrected chi connectivity index (χ4v) is 2.78. The predicted octanol–water partition coefficient (Wildman–Crippen LogP) is 4.30. The SMILES string of the molecule is Cn1cc(-c2ccnc(-c3ccccc3)n2)c2ccccc21. The average molecular weight is 285 g/mol. The van der Waals surface area contributed by atoms with E-state index in [2.05, 4.69) is 47.1 Å². The van der Waals surface area contributed by atoms with Crippen LogP contribution in [0, 0.1) is 0 Å². The van der Waals surface area contributed by atoms with E-state index in [-0.39, 0.29) is 0 Å². The van der Waals surface area contributed by atoms with Gasteiger partial charge in [-0.1, -0.05) is 48.5 Å². The van der Waals surface area contributed by atoms with Gasteiger partial charge in [0, 0.05) is 41.5 Å². The molecule has 4 rings (SSSR count). The lowest BCUT2D eigenvalue weighted by Crippen LogP contribution is -1.90. The molecule has 3 nitrogen and oxygen atoms in total. The van der Waals surface area contributed by atoms with Gasteiger partial charge in [0.1, 0.15) is 0 Å². The van der Waals surface area contributed by atoms with Gasteiger partial charge in [0.25, 0.3) is 0 Å². The molecule has 0 aliphatic rings. The lowest BCUT2D eigenvalue weighted by molar-refractivity contribution is 0.969. The molecule has 22 heavy (non-hydrogen) atoms. The molecular weight excluding hydrogens is 270 g/mol. The summed E-state index contributed by atoms with van der Waals surface area (Å²) in [6.45, 7) is 0. The summed E-state index contributed by atoms with van der Waals surface area (Å²) in [6.07, 6.45) is 3.95. The maximum absolute atomic E-state index is 4.75. The van der Waals surface area contributed by atoms with E-state index in [1.807, 2.05) is 42.6 Å². The summed E-state index contributed by atoms with van der Waals surface area (Å²) >= 11 is 0.